The van der Waals surface area contributed by atoms with Crippen molar-refractivity contribution in [2.24, 2.45) is 5.73 Å². The Balaban J connectivity index is 2.41. The van der Waals surface area contributed by atoms with E-state index in [1.807, 2.05) is 0 Å². The van der Waals surface area contributed by atoms with E-state index < -0.39 is 0 Å². The van der Waals surface area contributed by atoms with E-state index in [4.69, 9.17) is 16.6 Å². The van der Waals surface area contributed by atoms with E-state index in [1.165, 1.54) is 6.33 Å². The fourth-order valence-corrected chi connectivity index (χ4v) is 1.34. The van der Waals surface area contributed by atoms with E-state index in [0.29, 0.717) is 23.5 Å². The van der Waals surface area contributed by atoms with Crippen molar-refractivity contribution < 1.29 is 5.11 Å². The fourth-order valence-electron chi connectivity index (χ4n) is 1.34. The summed E-state index contributed by atoms with van der Waals surface area (Å²) < 4.78 is 1.74. The average Bonchev–Trinajstić information content (AvgIpc) is 2.63. The van der Waals surface area contributed by atoms with Crippen LogP contribution in [0.25, 0.3) is 11.2 Å². The Bertz CT molecular complexity index is 467. The fraction of sp³-hybridized carbons (Fsp3) is 0.375. The molecule has 0 spiro atoms. The number of hydrogen-bond donors (Lipinski definition) is 3. The summed E-state index contributed by atoms with van der Waals surface area (Å²) in [4.78, 5) is 12.0. The Hall–Kier alpha value is -1.73. The third-order valence-corrected chi connectivity index (χ3v) is 2.10. The zero-order valence-electron chi connectivity index (χ0n) is 8.04. The molecule has 7 nitrogen and oxygen atoms in total. The highest BCUT2D eigenvalue weighted by atomic mass is 16.3. The molecule has 0 amide bonds. The first-order chi connectivity index (χ1) is 7.22. The standard InChI is InChI=1S/C8H12N6O/c9-5(2-15)1-14-4-13-6-7(10)11-3-12-8(6)14/h3-5,15H,1-2,9H2,(H2,10,11,12)/t5-/m0/s1. The number of aliphatic hydroxyl groups is 1. The molecule has 0 saturated carbocycles. The van der Waals surface area contributed by atoms with Gasteiger partial charge in [0.1, 0.15) is 11.8 Å². The van der Waals surface area contributed by atoms with Crippen LogP contribution in [0.15, 0.2) is 12.7 Å². The first kappa shape index (κ1) is 9.81. The van der Waals surface area contributed by atoms with Crippen LogP contribution in [0.5, 0.6) is 0 Å². The number of aromatic nitrogens is 4. The number of aliphatic hydroxyl groups excluding tert-OH is 1. The molecule has 0 aliphatic heterocycles. The van der Waals surface area contributed by atoms with Crippen LogP contribution >= 0.6 is 0 Å². The van der Waals surface area contributed by atoms with E-state index in [-0.39, 0.29) is 12.6 Å². The smallest absolute Gasteiger partial charge is 0.165 e. The molecule has 7 heteroatoms. The van der Waals surface area contributed by atoms with E-state index in [0.717, 1.165) is 0 Å². The summed E-state index contributed by atoms with van der Waals surface area (Å²) in [7, 11) is 0. The Kier molecular flexibility index (Phi) is 2.48. The van der Waals surface area contributed by atoms with E-state index in [2.05, 4.69) is 15.0 Å². The molecular weight excluding hydrogens is 196 g/mol. The minimum absolute atomic E-state index is 0.0831. The van der Waals surface area contributed by atoms with E-state index >= 15 is 0 Å². The van der Waals surface area contributed by atoms with Gasteiger partial charge in [0.05, 0.1) is 12.9 Å². The minimum Gasteiger partial charge on any atom is -0.395 e. The van der Waals surface area contributed by atoms with Crippen LogP contribution in [0.3, 0.4) is 0 Å². The molecule has 80 valence electrons. The molecule has 2 rings (SSSR count). The summed E-state index contributed by atoms with van der Waals surface area (Å²) in [5, 5.41) is 8.84. The molecule has 0 aromatic carbocycles. The van der Waals surface area contributed by atoms with E-state index in [9.17, 15) is 0 Å². The second kappa shape index (κ2) is 3.79. The van der Waals surface area contributed by atoms with Crippen LogP contribution < -0.4 is 11.5 Å². The van der Waals surface area contributed by atoms with Crippen molar-refractivity contribution in [1.29, 1.82) is 0 Å². The van der Waals surface area contributed by atoms with Gasteiger partial charge in [0.25, 0.3) is 0 Å². The van der Waals surface area contributed by atoms with Crippen molar-refractivity contribution in [3.63, 3.8) is 0 Å². The number of rotatable bonds is 3. The summed E-state index contributed by atoms with van der Waals surface area (Å²) in [6.07, 6.45) is 2.96. The number of hydrogen-bond acceptors (Lipinski definition) is 6. The Morgan fingerprint density at radius 1 is 1.40 bits per heavy atom. The summed E-state index contributed by atoms with van der Waals surface area (Å²) in [6.45, 7) is 0.365. The number of imidazole rings is 1. The normalized spacial score (nSPS) is 13.2. The minimum atomic E-state index is -0.335. The third kappa shape index (κ3) is 1.74. The second-order valence-corrected chi connectivity index (χ2v) is 3.27. The second-order valence-electron chi connectivity index (χ2n) is 3.27. The van der Waals surface area contributed by atoms with Gasteiger partial charge in [-0.2, -0.15) is 0 Å². The van der Waals surface area contributed by atoms with Gasteiger partial charge in [0.2, 0.25) is 0 Å². The maximum absolute atomic E-state index is 8.84. The topological polar surface area (TPSA) is 116 Å². The van der Waals surface area contributed by atoms with Crippen molar-refractivity contribution in [3.05, 3.63) is 12.7 Å². The first-order valence-electron chi connectivity index (χ1n) is 4.50. The molecule has 5 N–H and O–H groups in total. The van der Waals surface area contributed by atoms with E-state index in [1.54, 1.807) is 10.9 Å². The lowest BCUT2D eigenvalue weighted by molar-refractivity contribution is 0.255. The number of nitrogens with two attached hydrogens (primary N) is 2. The summed E-state index contributed by atoms with van der Waals surface area (Å²) in [5.41, 5.74) is 12.4. The lowest BCUT2D eigenvalue weighted by Crippen LogP contribution is -2.29. The van der Waals surface area contributed by atoms with Gasteiger partial charge < -0.3 is 21.1 Å². The molecule has 0 aliphatic carbocycles. The van der Waals surface area contributed by atoms with Crippen LogP contribution in [-0.4, -0.2) is 37.3 Å². The number of nitrogens with zero attached hydrogens (tertiary/aromatic N) is 4. The monoisotopic (exact) mass is 208 g/mol. The molecule has 1 atom stereocenters. The number of anilines is 1. The van der Waals surface area contributed by atoms with Crippen LogP contribution in [-0.2, 0) is 6.54 Å². The summed E-state index contributed by atoms with van der Waals surface area (Å²) >= 11 is 0. The maximum atomic E-state index is 8.84. The highest BCUT2D eigenvalue weighted by Gasteiger charge is 2.09. The SMILES string of the molecule is Nc1ncnc2c1ncn2C[C@H](N)CO. The van der Waals surface area contributed by atoms with Gasteiger partial charge in [-0.05, 0) is 0 Å². The summed E-state index contributed by atoms with van der Waals surface area (Å²) in [6, 6.07) is -0.335. The zero-order chi connectivity index (χ0) is 10.8. The highest BCUT2D eigenvalue weighted by molar-refractivity contribution is 5.81. The van der Waals surface area contributed by atoms with Crippen molar-refractivity contribution in [1.82, 2.24) is 19.5 Å². The van der Waals surface area contributed by atoms with Crippen molar-refractivity contribution in [2.75, 3.05) is 12.3 Å². The van der Waals surface area contributed by atoms with Gasteiger partial charge in [0.15, 0.2) is 11.5 Å². The maximum Gasteiger partial charge on any atom is 0.165 e. The first-order valence-corrected chi connectivity index (χ1v) is 4.50. The molecule has 0 saturated heterocycles. The molecule has 0 radical (unpaired) electrons. The van der Waals surface area contributed by atoms with Gasteiger partial charge in [-0.15, -0.1) is 0 Å². The zero-order valence-corrected chi connectivity index (χ0v) is 8.04. The Morgan fingerprint density at radius 3 is 2.93 bits per heavy atom. The van der Waals surface area contributed by atoms with Crippen molar-refractivity contribution in [3.8, 4) is 0 Å². The number of fused-ring (bicyclic) bond motifs is 1. The average molecular weight is 208 g/mol. The quantitative estimate of drug-likeness (QED) is 0.579. The number of nitrogen functional groups attached to an aromatic ring is 1. The van der Waals surface area contributed by atoms with Crippen molar-refractivity contribution >= 4 is 17.0 Å². The van der Waals surface area contributed by atoms with Gasteiger partial charge in [-0.1, -0.05) is 0 Å². The third-order valence-electron chi connectivity index (χ3n) is 2.10. The molecule has 15 heavy (non-hydrogen) atoms. The molecule has 0 fully saturated rings. The lowest BCUT2D eigenvalue weighted by atomic mass is 10.3. The molecule has 2 heterocycles. The summed E-state index contributed by atoms with van der Waals surface area (Å²) in [5.74, 6) is 0.344. The largest absolute Gasteiger partial charge is 0.395 e. The van der Waals surface area contributed by atoms with Crippen molar-refractivity contribution in [2.45, 2.75) is 12.6 Å². The molecule has 0 unspecified atom stereocenters. The molecule has 0 bridgehead atoms. The molecular formula is C8H12N6O. The van der Waals surface area contributed by atoms with Gasteiger partial charge >= 0.3 is 0 Å². The van der Waals surface area contributed by atoms with Gasteiger partial charge in [-0.3, -0.25) is 0 Å². The Labute approximate surface area is 85.8 Å². The molecule has 2 aromatic rings. The van der Waals surface area contributed by atoms with Gasteiger partial charge in [0, 0.05) is 12.6 Å². The predicted molar refractivity (Wildman–Crippen MR) is 54.8 cm³/mol. The predicted octanol–water partition coefficient (Wildman–Crippen LogP) is -1.27. The van der Waals surface area contributed by atoms with Crippen LogP contribution in [0.2, 0.25) is 0 Å². The van der Waals surface area contributed by atoms with Crippen LogP contribution in [0.4, 0.5) is 5.82 Å². The van der Waals surface area contributed by atoms with Gasteiger partial charge in [-0.25, -0.2) is 15.0 Å². The lowest BCUT2D eigenvalue weighted by Gasteiger charge is -2.08. The molecule has 0 aliphatic rings. The highest BCUT2D eigenvalue weighted by Crippen LogP contribution is 2.13. The molecule has 2 aromatic heterocycles. The Morgan fingerprint density at radius 2 is 2.20 bits per heavy atom. The van der Waals surface area contributed by atoms with Crippen LogP contribution in [0.1, 0.15) is 0 Å². The van der Waals surface area contributed by atoms with Crippen LogP contribution in [0, 0.1) is 0 Å².